The summed E-state index contributed by atoms with van der Waals surface area (Å²) in [5, 5.41) is 3.65. The van der Waals surface area contributed by atoms with Crippen LogP contribution in [0, 0.1) is 11.3 Å². The van der Waals surface area contributed by atoms with Crippen molar-refractivity contribution in [2.75, 3.05) is 6.54 Å². The van der Waals surface area contributed by atoms with Crippen molar-refractivity contribution in [3.05, 3.63) is 35.4 Å². The summed E-state index contributed by atoms with van der Waals surface area (Å²) in [4.78, 5) is 0. The van der Waals surface area contributed by atoms with Crippen LogP contribution in [0.2, 0.25) is 0 Å². The Bertz CT molecular complexity index is 372. The summed E-state index contributed by atoms with van der Waals surface area (Å²) < 4.78 is 0. The third kappa shape index (κ3) is 5.28. The second-order valence-corrected chi connectivity index (χ2v) is 7.10. The Morgan fingerprint density at radius 3 is 2.10 bits per heavy atom. The van der Waals surface area contributed by atoms with Crippen molar-refractivity contribution in [2.45, 2.75) is 66.8 Å². The maximum absolute atomic E-state index is 3.65. The fourth-order valence-corrected chi connectivity index (χ4v) is 2.50. The van der Waals surface area contributed by atoms with Crippen molar-refractivity contribution in [3.8, 4) is 0 Å². The molecular weight excluding hydrogens is 242 g/mol. The molecule has 0 fully saturated rings. The molecule has 1 aromatic carbocycles. The van der Waals surface area contributed by atoms with Crippen LogP contribution in [0.15, 0.2) is 24.3 Å². The first kappa shape index (κ1) is 17.2. The predicted octanol–water partition coefficient (Wildman–Crippen LogP) is 5.36. The van der Waals surface area contributed by atoms with Crippen LogP contribution < -0.4 is 5.32 Å². The number of benzene rings is 1. The van der Waals surface area contributed by atoms with Gasteiger partial charge in [-0.1, -0.05) is 72.2 Å². The van der Waals surface area contributed by atoms with Crippen molar-refractivity contribution in [3.63, 3.8) is 0 Å². The molecule has 0 saturated heterocycles. The lowest BCUT2D eigenvalue weighted by Crippen LogP contribution is -2.27. The Hall–Kier alpha value is -0.820. The summed E-state index contributed by atoms with van der Waals surface area (Å²) in [7, 11) is 0. The number of aryl methyl sites for hydroxylation is 1. The van der Waals surface area contributed by atoms with Gasteiger partial charge in [-0.25, -0.2) is 0 Å². The molecule has 0 heterocycles. The van der Waals surface area contributed by atoms with E-state index in [1.54, 1.807) is 0 Å². The lowest BCUT2D eigenvalue weighted by Gasteiger charge is -2.31. The van der Waals surface area contributed by atoms with Crippen molar-refractivity contribution < 1.29 is 0 Å². The van der Waals surface area contributed by atoms with E-state index in [1.807, 2.05) is 0 Å². The van der Waals surface area contributed by atoms with Crippen LogP contribution in [0.25, 0.3) is 0 Å². The molecule has 0 saturated carbocycles. The highest BCUT2D eigenvalue weighted by atomic mass is 14.9. The zero-order valence-corrected chi connectivity index (χ0v) is 14.3. The minimum absolute atomic E-state index is 0.371. The van der Waals surface area contributed by atoms with Gasteiger partial charge in [0.15, 0.2) is 0 Å². The normalized spacial score (nSPS) is 15.1. The molecule has 0 aliphatic rings. The van der Waals surface area contributed by atoms with Gasteiger partial charge < -0.3 is 5.32 Å². The molecule has 1 N–H and O–H groups in total. The van der Waals surface area contributed by atoms with Gasteiger partial charge >= 0.3 is 0 Å². The molecule has 2 unspecified atom stereocenters. The van der Waals surface area contributed by atoms with Gasteiger partial charge in [0.1, 0.15) is 0 Å². The predicted molar refractivity (Wildman–Crippen MR) is 90.1 cm³/mol. The molecule has 0 bridgehead atoms. The minimum Gasteiger partial charge on any atom is -0.310 e. The van der Waals surface area contributed by atoms with Gasteiger partial charge in [-0.2, -0.15) is 0 Å². The number of hydrogen-bond donors (Lipinski definition) is 1. The van der Waals surface area contributed by atoms with E-state index in [9.17, 15) is 0 Å². The zero-order chi connectivity index (χ0) is 15.2. The average molecular weight is 275 g/mol. The van der Waals surface area contributed by atoms with Gasteiger partial charge in [0.25, 0.3) is 0 Å². The molecule has 114 valence electrons. The molecule has 2 atom stereocenters. The third-order valence-corrected chi connectivity index (χ3v) is 4.44. The summed E-state index contributed by atoms with van der Waals surface area (Å²) in [6.45, 7) is 14.8. The van der Waals surface area contributed by atoms with Gasteiger partial charge in [-0.3, -0.25) is 0 Å². The van der Waals surface area contributed by atoms with Gasteiger partial charge in [0.05, 0.1) is 0 Å². The van der Waals surface area contributed by atoms with Crippen molar-refractivity contribution in [2.24, 2.45) is 11.3 Å². The second kappa shape index (κ2) is 7.83. The topological polar surface area (TPSA) is 12.0 Å². The monoisotopic (exact) mass is 275 g/mol. The maximum atomic E-state index is 3.65. The van der Waals surface area contributed by atoms with Crippen LogP contribution in [-0.2, 0) is 6.42 Å². The van der Waals surface area contributed by atoms with Gasteiger partial charge in [0, 0.05) is 6.04 Å². The molecule has 20 heavy (non-hydrogen) atoms. The molecule has 1 heteroatoms. The number of hydrogen-bond acceptors (Lipinski definition) is 1. The number of nitrogens with one attached hydrogen (secondary N) is 1. The quantitative estimate of drug-likeness (QED) is 0.706. The minimum atomic E-state index is 0.371. The van der Waals surface area contributed by atoms with E-state index in [-0.39, 0.29) is 0 Å². The van der Waals surface area contributed by atoms with Crippen LogP contribution in [0.3, 0.4) is 0 Å². The summed E-state index contributed by atoms with van der Waals surface area (Å²) in [5.41, 5.74) is 3.26. The Morgan fingerprint density at radius 2 is 1.65 bits per heavy atom. The van der Waals surface area contributed by atoms with Crippen LogP contribution in [0.4, 0.5) is 0 Å². The fraction of sp³-hybridized carbons (Fsp3) is 0.684. The summed E-state index contributed by atoms with van der Waals surface area (Å²) in [6.07, 6.45) is 3.60. The van der Waals surface area contributed by atoms with E-state index in [4.69, 9.17) is 0 Å². The van der Waals surface area contributed by atoms with E-state index in [1.165, 1.54) is 30.4 Å². The fourth-order valence-electron chi connectivity index (χ4n) is 2.50. The number of rotatable bonds is 7. The highest BCUT2D eigenvalue weighted by Crippen LogP contribution is 2.33. The second-order valence-electron chi connectivity index (χ2n) is 7.10. The average Bonchev–Trinajstić information content (AvgIpc) is 2.38. The van der Waals surface area contributed by atoms with Gasteiger partial charge in [-0.15, -0.1) is 0 Å². The van der Waals surface area contributed by atoms with E-state index < -0.39 is 0 Å². The summed E-state index contributed by atoms with van der Waals surface area (Å²) >= 11 is 0. The molecule has 0 aromatic heterocycles. The summed E-state index contributed by atoms with van der Waals surface area (Å²) in [6, 6.07) is 9.70. The van der Waals surface area contributed by atoms with Gasteiger partial charge in [-0.05, 0) is 41.8 Å². The Labute approximate surface area is 126 Å². The lowest BCUT2D eigenvalue weighted by molar-refractivity contribution is 0.224. The molecule has 0 spiro atoms. The molecule has 0 aliphatic carbocycles. The van der Waals surface area contributed by atoms with Crippen LogP contribution in [-0.4, -0.2) is 6.54 Å². The lowest BCUT2D eigenvalue weighted by atomic mass is 9.77. The largest absolute Gasteiger partial charge is 0.310 e. The van der Waals surface area contributed by atoms with Gasteiger partial charge in [0.2, 0.25) is 0 Å². The SMILES string of the molecule is CCCc1ccc(C(CC(C)C(C)(C)C)NCC)cc1. The Kier molecular flexibility index (Phi) is 6.75. The molecule has 1 rings (SSSR count). The van der Waals surface area contributed by atoms with Crippen molar-refractivity contribution >= 4 is 0 Å². The zero-order valence-electron chi connectivity index (χ0n) is 14.3. The van der Waals surface area contributed by atoms with Crippen molar-refractivity contribution in [1.82, 2.24) is 5.32 Å². The molecule has 1 aromatic rings. The first-order valence-electron chi connectivity index (χ1n) is 8.20. The Morgan fingerprint density at radius 1 is 1.05 bits per heavy atom. The van der Waals surface area contributed by atoms with Crippen molar-refractivity contribution in [1.29, 1.82) is 0 Å². The Balaban J connectivity index is 2.79. The molecule has 0 amide bonds. The van der Waals surface area contributed by atoms with Crippen LogP contribution in [0.1, 0.15) is 71.6 Å². The molecular formula is C19H33N. The third-order valence-electron chi connectivity index (χ3n) is 4.44. The van der Waals surface area contributed by atoms with E-state index in [2.05, 4.69) is 71.1 Å². The molecule has 1 nitrogen and oxygen atoms in total. The van der Waals surface area contributed by atoms with Crippen LogP contribution >= 0.6 is 0 Å². The molecule has 0 aliphatic heterocycles. The van der Waals surface area contributed by atoms with Crippen LogP contribution in [0.5, 0.6) is 0 Å². The maximum Gasteiger partial charge on any atom is 0.0322 e. The van der Waals surface area contributed by atoms with E-state index in [0.717, 1.165) is 6.54 Å². The summed E-state index contributed by atoms with van der Waals surface area (Å²) in [5.74, 6) is 0.696. The highest BCUT2D eigenvalue weighted by molar-refractivity contribution is 5.25. The van der Waals surface area contributed by atoms with E-state index in [0.29, 0.717) is 17.4 Å². The first-order valence-corrected chi connectivity index (χ1v) is 8.20. The first-order chi connectivity index (χ1) is 9.38. The smallest absolute Gasteiger partial charge is 0.0322 e. The molecule has 0 radical (unpaired) electrons. The standard InChI is InChI=1S/C19H33N/c1-7-9-16-10-12-17(13-11-16)18(20-8-2)14-15(3)19(4,5)6/h10-13,15,18,20H,7-9,14H2,1-6H3. The highest BCUT2D eigenvalue weighted by Gasteiger charge is 2.24. The van der Waals surface area contributed by atoms with E-state index >= 15 is 0 Å².